The molecule has 0 bridgehead atoms. The minimum Gasteiger partial charge on any atom is -0.457 e. The molecule has 0 aliphatic heterocycles. The van der Waals surface area contributed by atoms with Gasteiger partial charge in [-0.2, -0.15) is 11.8 Å². The smallest absolute Gasteiger partial charge is 0.255 e. The van der Waals surface area contributed by atoms with Gasteiger partial charge in [0.05, 0.1) is 11.8 Å². The fourth-order valence-electron chi connectivity index (χ4n) is 0.818. The van der Waals surface area contributed by atoms with Crippen molar-refractivity contribution in [2.75, 3.05) is 18.6 Å². The van der Waals surface area contributed by atoms with Crippen molar-refractivity contribution in [2.45, 2.75) is 0 Å². The molecule has 1 aromatic rings. The monoisotopic (exact) mass is 263 g/mol. The van der Waals surface area contributed by atoms with Crippen LogP contribution in [-0.2, 0) is 0 Å². The van der Waals surface area contributed by atoms with Crippen LogP contribution >= 0.6 is 27.7 Å². The molecule has 0 radical (unpaired) electrons. The lowest BCUT2D eigenvalue weighted by Crippen LogP contribution is -2.25. The number of halogens is 1. The quantitative estimate of drug-likeness (QED) is 0.847. The van der Waals surface area contributed by atoms with Gasteiger partial charge in [0, 0.05) is 12.3 Å². The number of amides is 1. The van der Waals surface area contributed by atoms with Crippen molar-refractivity contribution in [3.05, 3.63) is 22.6 Å². The van der Waals surface area contributed by atoms with Gasteiger partial charge in [-0.05, 0) is 28.3 Å². The molecule has 3 nitrogen and oxygen atoms in total. The molecule has 0 unspecified atom stereocenters. The molecule has 0 atom stereocenters. The van der Waals surface area contributed by atoms with E-state index in [4.69, 9.17) is 4.42 Å². The van der Waals surface area contributed by atoms with Crippen molar-refractivity contribution in [1.82, 2.24) is 5.32 Å². The van der Waals surface area contributed by atoms with E-state index >= 15 is 0 Å². The van der Waals surface area contributed by atoms with E-state index in [1.807, 2.05) is 6.26 Å². The van der Waals surface area contributed by atoms with Gasteiger partial charge in [-0.15, -0.1) is 0 Å². The molecule has 0 saturated heterocycles. The lowest BCUT2D eigenvalue weighted by molar-refractivity contribution is 0.0954. The highest BCUT2D eigenvalue weighted by atomic mass is 79.9. The molecule has 0 fully saturated rings. The number of hydrogen-bond acceptors (Lipinski definition) is 3. The Morgan fingerprint density at radius 2 is 2.54 bits per heavy atom. The number of hydrogen-bond donors (Lipinski definition) is 1. The van der Waals surface area contributed by atoms with Gasteiger partial charge in [0.1, 0.15) is 0 Å². The Kier molecular flexibility index (Phi) is 4.38. The molecule has 0 aliphatic carbocycles. The average molecular weight is 264 g/mol. The Hall–Kier alpha value is -0.420. The van der Waals surface area contributed by atoms with Gasteiger partial charge in [-0.1, -0.05) is 0 Å². The maximum absolute atomic E-state index is 11.4. The predicted molar refractivity (Wildman–Crippen MR) is 57.1 cm³/mol. The summed E-state index contributed by atoms with van der Waals surface area (Å²) in [6.45, 7) is 0.678. The van der Waals surface area contributed by atoms with Crippen molar-refractivity contribution in [2.24, 2.45) is 0 Å². The zero-order valence-electron chi connectivity index (χ0n) is 7.17. The summed E-state index contributed by atoms with van der Waals surface area (Å²) in [5.41, 5.74) is 0.543. The summed E-state index contributed by atoms with van der Waals surface area (Å²) in [6, 6.07) is 1.64. The maximum atomic E-state index is 11.4. The molecule has 1 amide bonds. The predicted octanol–water partition coefficient (Wildman–Crippen LogP) is 2.13. The third-order valence-corrected chi connectivity index (χ3v) is 2.68. The first-order valence-electron chi connectivity index (χ1n) is 3.76. The number of thioether (sulfide) groups is 1. The van der Waals surface area contributed by atoms with E-state index in [9.17, 15) is 4.79 Å². The van der Waals surface area contributed by atoms with Gasteiger partial charge >= 0.3 is 0 Å². The van der Waals surface area contributed by atoms with Gasteiger partial charge in [-0.3, -0.25) is 4.79 Å². The zero-order valence-corrected chi connectivity index (χ0v) is 9.57. The highest BCUT2D eigenvalue weighted by Crippen LogP contribution is 2.16. The number of nitrogens with one attached hydrogen (secondary N) is 1. The van der Waals surface area contributed by atoms with Crippen LogP contribution < -0.4 is 5.32 Å². The van der Waals surface area contributed by atoms with E-state index in [2.05, 4.69) is 21.2 Å². The summed E-state index contributed by atoms with van der Waals surface area (Å²) in [6.07, 6.45) is 3.48. The molecule has 0 saturated carbocycles. The molecule has 0 aliphatic rings. The normalized spacial score (nSPS) is 10.0. The minimum atomic E-state index is -0.102. The highest BCUT2D eigenvalue weighted by Gasteiger charge is 2.10. The van der Waals surface area contributed by atoms with E-state index in [0.717, 1.165) is 5.75 Å². The van der Waals surface area contributed by atoms with Crippen LogP contribution in [0.4, 0.5) is 0 Å². The lowest BCUT2D eigenvalue weighted by Gasteiger charge is -2.01. The Labute approximate surface area is 89.4 Å². The first kappa shape index (κ1) is 10.7. The molecule has 1 rings (SSSR count). The molecule has 0 aromatic carbocycles. The van der Waals surface area contributed by atoms with Gasteiger partial charge in [0.25, 0.3) is 5.91 Å². The SMILES string of the molecule is CSCCNC(=O)c1ccoc1Br. The van der Waals surface area contributed by atoms with E-state index < -0.39 is 0 Å². The van der Waals surface area contributed by atoms with E-state index in [0.29, 0.717) is 16.8 Å². The van der Waals surface area contributed by atoms with Crippen LogP contribution in [0.1, 0.15) is 10.4 Å². The van der Waals surface area contributed by atoms with Crippen molar-refractivity contribution in [3.8, 4) is 0 Å². The van der Waals surface area contributed by atoms with Crippen LogP contribution in [0.3, 0.4) is 0 Å². The van der Waals surface area contributed by atoms with Crippen molar-refractivity contribution < 1.29 is 9.21 Å². The van der Waals surface area contributed by atoms with Crippen LogP contribution in [0.5, 0.6) is 0 Å². The number of furan rings is 1. The largest absolute Gasteiger partial charge is 0.457 e. The van der Waals surface area contributed by atoms with Gasteiger partial charge < -0.3 is 9.73 Å². The molecule has 1 heterocycles. The molecule has 1 aromatic heterocycles. The average Bonchev–Trinajstić information content (AvgIpc) is 2.52. The Bertz CT molecular complexity index is 287. The molecule has 5 heteroatoms. The maximum Gasteiger partial charge on any atom is 0.255 e. The minimum absolute atomic E-state index is 0.102. The van der Waals surface area contributed by atoms with Crippen LogP contribution in [0.25, 0.3) is 0 Å². The van der Waals surface area contributed by atoms with E-state index in [1.165, 1.54) is 6.26 Å². The summed E-state index contributed by atoms with van der Waals surface area (Å²) in [5.74, 6) is 0.816. The molecule has 1 N–H and O–H groups in total. The second-order valence-corrected chi connectivity index (χ2v) is 4.06. The third-order valence-electron chi connectivity index (χ3n) is 1.45. The van der Waals surface area contributed by atoms with Crippen molar-refractivity contribution >= 4 is 33.6 Å². The molecule has 72 valence electrons. The summed E-state index contributed by atoms with van der Waals surface area (Å²) in [4.78, 5) is 11.4. The van der Waals surface area contributed by atoms with Crippen LogP contribution in [0.15, 0.2) is 21.4 Å². The van der Waals surface area contributed by atoms with Crippen molar-refractivity contribution in [3.63, 3.8) is 0 Å². The van der Waals surface area contributed by atoms with E-state index in [-0.39, 0.29) is 5.91 Å². The van der Waals surface area contributed by atoms with Crippen LogP contribution in [-0.4, -0.2) is 24.5 Å². The molecular formula is C8H10BrNO2S. The Balaban J connectivity index is 2.45. The topological polar surface area (TPSA) is 42.2 Å². The van der Waals surface area contributed by atoms with E-state index in [1.54, 1.807) is 17.8 Å². The molecule has 0 spiro atoms. The van der Waals surface area contributed by atoms with Crippen LogP contribution in [0, 0.1) is 0 Å². The standard InChI is InChI=1S/C8H10BrNO2S/c1-13-5-3-10-8(11)6-2-4-12-7(6)9/h2,4H,3,5H2,1H3,(H,10,11). The lowest BCUT2D eigenvalue weighted by atomic mass is 10.3. The third kappa shape index (κ3) is 3.08. The summed E-state index contributed by atoms with van der Waals surface area (Å²) in [7, 11) is 0. The molecule has 13 heavy (non-hydrogen) atoms. The number of carbonyl (C=O) groups is 1. The van der Waals surface area contributed by atoms with Gasteiger partial charge in [-0.25, -0.2) is 0 Å². The first-order valence-corrected chi connectivity index (χ1v) is 5.94. The second kappa shape index (κ2) is 5.34. The van der Waals surface area contributed by atoms with Crippen LogP contribution in [0.2, 0.25) is 0 Å². The fourth-order valence-corrected chi connectivity index (χ4v) is 1.54. The summed E-state index contributed by atoms with van der Waals surface area (Å²) >= 11 is 4.84. The second-order valence-electron chi connectivity index (χ2n) is 2.36. The number of rotatable bonds is 4. The van der Waals surface area contributed by atoms with Gasteiger partial charge in [0.2, 0.25) is 0 Å². The fraction of sp³-hybridized carbons (Fsp3) is 0.375. The zero-order chi connectivity index (χ0) is 9.68. The summed E-state index contributed by atoms with van der Waals surface area (Å²) in [5, 5.41) is 2.78. The first-order chi connectivity index (χ1) is 6.25. The van der Waals surface area contributed by atoms with Gasteiger partial charge in [0.15, 0.2) is 4.67 Å². The summed E-state index contributed by atoms with van der Waals surface area (Å²) < 4.78 is 5.42. The number of carbonyl (C=O) groups excluding carboxylic acids is 1. The Morgan fingerprint density at radius 1 is 1.77 bits per heavy atom. The van der Waals surface area contributed by atoms with Crippen molar-refractivity contribution in [1.29, 1.82) is 0 Å². The molecular weight excluding hydrogens is 254 g/mol. The highest BCUT2D eigenvalue weighted by molar-refractivity contribution is 9.10. The Morgan fingerprint density at radius 3 is 3.08 bits per heavy atom.